The first kappa shape index (κ1) is 20.3. The second kappa shape index (κ2) is 8.29. The minimum Gasteiger partial charge on any atom is -0.478 e. The van der Waals surface area contributed by atoms with Crippen molar-refractivity contribution in [1.82, 2.24) is 23.6 Å². The Labute approximate surface area is 164 Å². The first-order valence-corrected chi connectivity index (χ1v) is 10.3. The Morgan fingerprint density at radius 2 is 2.07 bits per heavy atom. The summed E-state index contributed by atoms with van der Waals surface area (Å²) in [5.74, 6) is -0.886. The summed E-state index contributed by atoms with van der Waals surface area (Å²) in [6, 6.07) is 3.33. The van der Waals surface area contributed by atoms with Crippen LogP contribution in [0.25, 0.3) is 11.3 Å². The summed E-state index contributed by atoms with van der Waals surface area (Å²) in [7, 11) is -0.346. The molecule has 0 saturated carbocycles. The first-order valence-electron chi connectivity index (χ1n) is 8.94. The van der Waals surface area contributed by atoms with Gasteiger partial charge in [0, 0.05) is 50.8 Å². The van der Waals surface area contributed by atoms with Crippen molar-refractivity contribution >= 4 is 16.2 Å². The number of rotatable bonds is 6. The van der Waals surface area contributed by atoms with Crippen LogP contribution >= 0.6 is 0 Å². The van der Waals surface area contributed by atoms with Crippen LogP contribution in [0.2, 0.25) is 0 Å². The molecular weight excluding hydrogens is 382 g/mol. The van der Waals surface area contributed by atoms with Crippen molar-refractivity contribution in [3.05, 3.63) is 42.1 Å². The minimum atomic E-state index is -3.42. The molecule has 1 N–H and O–H groups in total. The second-order valence-electron chi connectivity index (χ2n) is 7.02. The number of carboxylic acids is 1. The Bertz CT molecular complexity index is 964. The number of carbonyl (C=O) groups is 1. The van der Waals surface area contributed by atoms with Gasteiger partial charge < -0.3 is 5.11 Å². The van der Waals surface area contributed by atoms with E-state index in [2.05, 4.69) is 15.0 Å². The molecule has 0 spiro atoms. The summed E-state index contributed by atoms with van der Waals surface area (Å²) >= 11 is 0. The van der Waals surface area contributed by atoms with Gasteiger partial charge in [-0.1, -0.05) is 0 Å². The zero-order valence-electron chi connectivity index (χ0n) is 15.8. The molecule has 9 nitrogen and oxygen atoms in total. The van der Waals surface area contributed by atoms with Gasteiger partial charge in [0.1, 0.15) is 6.33 Å². The average molecular weight is 405 g/mol. The van der Waals surface area contributed by atoms with E-state index in [0.717, 1.165) is 18.5 Å². The van der Waals surface area contributed by atoms with Gasteiger partial charge in [0.05, 0.1) is 11.3 Å². The van der Waals surface area contributed by atoms with Crippen molar-refractivity contribution < 1.29 is 18.3 Å². The molecule has 0 aliphatic carbocycles. The fourth-order valence-corrected chi connectivity index (χ4v) is 4.51. The Balaban J connectivity index is 1.76. The van der Waals surface area contributed by atoms with Crippen molar-refractivity contribution in [2.24, 2.45) is 5.92 Å². The van der Waals surface area contributed by atoms with Gasteiger partial charge in [0.25, 0.3) is 10.2 Å². The summed E-state index contributed by atoms with van der Waals surface area (Å²) in [4.78, 5) is 23.6. The van der Waals surface area contributed by atoms with Gasteiger partial charge in [-0.15, -0.1) is 0 Å². The van der Waals surface area contributed by atoms with Crippen molar-refractivity contribution in [3.63, 3.8) is 0 Å². The molecule has 1 saturated heterocycles. The third-order valence-corrected chi connectivity index (χ3v) is 6.68. The van der Waals surface area contributed by atoms with E-state index in [9.17, 15) is 13.2 Å². The number of hydrogen-bond acceptors (Lipinski definition) is 6. The van der Waals surface area contributed by atoms with E-state index in [4.69, 9.17) is 5.11 Å². The number of pyridine rings is 1. The van der Waals surface area contributed by atoms with Gasteiger partial charge in [-0.3, -0.25) is 4.98 Å². The average Bonchev–Trinajstić information content (AvgIpc) is 2.68. The van der Waals surface area contributed by atoms with Gasteiger partial charge in [-0.25, -0.2) is 14.8 Å². The van der Waals surface area contributed by atoms with Crippen molar-refractivity contribution in [2.75, 3.05) is 27.2 Å². The normalized spacial score (nSPS) is 18.3. The smallest absolute Gasteiger partial charge is 0.337 e. The molecule has 2 aromatic rings. The van der Waals surface area contributed by atoms with Crippen LogP contribution in [-0.2, 0) is 16.6 Å². The molecule has 1 atom stereocenters. The maximum Gasteiger partial charge on any atom is 0.337 e. The van der Waals surface area contributed by atoms with E-state index in [1.807, 2.05) is 6.07 Å². The quantitative estimate of drug-likeness (QED) is 0.770. The Morgan fingerprint density at radius 3 is 2.79 bits per heavy atom. The number of aromatic nitrogens is 3. The van der Waals surface area contributed by atoms with Crippen molar-refractivity contribution in [2.45, 2.75) is 19.3 Å². The molecule has 1 aliphatic heterocycles. The molecule has 10 heteroatoms. The maximum atomic E-state index is 12.4. The molecule has 0 radical (unpaired) electrons. The molecule has 0 bridgehead atoms. The standard InChI is InChI=1S/C18H23N5O4S/c1-22(2)28(26,27)23-5-3-4-13(11-23)6-16-8-17(21-12-20-16)14-7-15(18(24)25)10-19-9-14/h7-10,12-13H,3-6,11H2,1-2H3,(H,24,25)/t13-/m1/s1. The van der Waals surface area contributed by atoms with Crippen LogP contribution in [0.4, 0.5) is 0 Å². The van der Waals surface area contributed by atoms with E-state index in [0.29, 0.717) is 30.8 Å². The second-order valence-corrected chi connectivity index (χ2v) is 9.16. The molecule has 1 aliphatic rings. The van der Waals surface area contributed by atoms with E-state index in [-0.39, 0.29) is 11.5 Å². The molecule has 28 heavy (non-hydrogen) atoms. The highest BCUT2D eigenvalue weighted by Gasteiger charge is 2.30. The summed E-state index contributed by atoms with van der Waals surface area (Å²) < 4.78 is 27.5. The zero-order valence-corrected chi connectivity index (χ0v) is 16.6. The first-order chi connectivity index (χ1) is 13.3. The Kier molecular flexibility index (Phi) is 6.01. The third kappa shape index (κ3) is 4.51. The number of carboxylic acid groups (broad SMARTS) is 1. The lowest BCUT2D eigenvalue weighted by Gasteiger charge is -2.33. The zero-order chi connectivity index (χ0) is 20.3. The van der Waals surface area contributed by atoms with E-state index in [1.54, 1.807) is 6.20 Å². The monoisotopic (exact) mass is 405 g/mol. The maximum absolute atomic E-state index is 12.4. The van der Waals surface area contributed by atoms with Crippen LogP contribution in [0.1, 0.15) is 28.9 Å². The number of aromatic carboxylic acids is 1. The van der Waals surface area contributed by atoms with Crippen LogP contribution in [-0.4, -0.2) is 70.2 Å². The van der Waals surface area contributed by atoms with Gasteiger partial charge in [-0.05, 0) is 37.3 Å². The molecular formula is C18H23N5O4S. The molecule has 0 unspecified atom stereocenters. The number of hydrogen-bond donors (Lipinski definition) is 1. The van der Waals surface area contributed by atoms with Crippen LogP contribution in [0.3, 0.4) is 0 Å². The van der Waals surface area contributed by atoms with Gasteiger partial charge >= 0.3 is 5.97 Å². The number of nitrogens with zero attached hydrogens (tertiary/aromatic N) is 5. The van der Waals surface area contributed by atoms with E-state index < -0.39 is 16.2 Å². The highest BCUT2D eigenvalue weighted by Crippen LogP contribution is 2.24. The highest BCUT2D eigenvalue weighted by molar-refractivity contribution is 7.86. The number of piperidine rings is 1. The van der Waals surface area contributed by atoms with E-state index in [1.165, 1.54) is 41.3 Å². The lowest BCUT2D eigenvalue weighted by atomic mass is 9.94. The Hall–Kier alpha value is -2.43. The van der Waals surface area contributed by atoms with Gasteiger partial charge in [0.15, 0.2) is 0 Å². The van der Waals surface area contributed by atoms with Crippen LogP contribution in [0.5, 0.6) is 0 Å². The van der Waals surface area contributed by atoms with Crippen LogP contribution in [0.15, 0.2) is 30.9 Å². The fraction of sp³-hybridized carbons (Fsp3) is 0.444. The lowest BCUT2D eigenvalue weighted by Crippen LogP contribution is -2.45. The van der Waals surface area contributed by atoms with Crippen molar-refractivity contribution in [1.29, 1.82) is 0 Å². The summed E-state index contributed by atoms with van der Waals surface area (Å²) in [5, 5.41) is 9.13. The molecule has 150 valence electrons. The molecule has 3 heterocycles. The summed E-state index contributed by atoms with van der Waals surface area (Å²) in [6.07, 6.45) is 6.64. The third-order valence-electron chi connectivity index (χ3n) is 4.77. The lowest BCUT2D eigenvalue weighted by molar-refractivity contribution is 0.0696. The molecule has 2 aromatic heterocycles. The topological polar surface area (TPSA) is 117 Å². The predicted octanol–water partition coefficient (Wildman–Crippen LogP) is 1.30. The van der Waals surface area contributed by atoms with Crippen molar-refractivity contribution in [3.8, 4) is 11.3 Å². The molecule has 0 aromatic carbocycles. The van der Waals surface area contributed by atoms with E-state index >= 15 is 0 Å². The molecule has 1 fully saturated rings. The SMILES string of the molecule is CN(C)S(=O)(=O)N1CCC[C@H](Cc2cc(-c3cncc(C(=O)O)c3)ncn2)C1. The molecule has 3 rings (SSSR count). The summed E-state index contributed by atoms with van der Waals surface area (Å²) in [5.41, 5.74) is 2.08. The Morgan fingerprint density at radius 1 is 1.29 bits per heavy atom. The predicted molar refractivity (Wildman–Crippen MR) is 103 cm³/mol. The van der Waals surface area contributed by atoms with Crippen LogP contribution in [0, 0.1) is 5.92 Å². The summed E-state index contributed by atoms with van der Waals surface area (Å²) in [6.45, 7) is 0.982. The minimum absolute atomic E-state index is 0.0921. The largest absolute Gasteiger partial charge is 0.478 e. The van der Waals surface area contributed by atoms with Gasteiger partial charge in [-0.2, -0.15) is 17.0 Å². The fourth-order valence-electron chi connectivity index (χ4n) is 3.29. The van der Waals surface area contributed by atoms with Crippen LogP contribution < -0.4 is 0 Å². The highest BCUT2D eigenvalue weighted by atomic mass is 32.2. The molecule has 0 amide bonds. The van der Waals surface area contributed by atoms with Gasteiger partial charge in [0.2, 0.25) is 0 Å².